The predicted molar refractivity (Wildman–Crippen MR) is 76.3 cm³/mol. The lowest BCUT2D eigenvalue weighted by molar-refractivity contribution is -0.125. The van der Waals surface area contributed by atoms with Gasteiger partial charge >= 0.3 is 0 Å². The van der Waals surface area contributed by atoms with Gasteiger partial charge in [0.1, 0.15) is 6.54 Å². The Labute approximate surface area is 120 Å². The maximum Gasteiger partial charge on any atom is 0.262 e. The van der Waals surface area contributed by atoms with E-state index >= 15 is 0 Å². The van der Waals surface area contributed by atoms with Gasteiger partial charge in [-0.15, -0.1) is 12.6 Å². The summed E-state index contributed by atoms with van der Waals surface area (Å²) in [5.41, 5.74) is 0.423. The van der Waals surface area contributed by atoms with E-state index in [1.54, 1.807) is 18.2 Å². The number of nitrogens with one attached hydrogen (secondary N) is 2. The van der Waals surface area contributed by atoms with Gasteiger partial charge in [-0.2, -0.15) is 4.91 Å². The van der Waals surface area contributed by atoms with Crippen molar-refractivity contribution < 1.29 is 9.59 Å². The molecule has 1 aromatic carbocycles. The van der Waals surface area contributed by atoms with Crippen LogP contribution in [0.15, 0.2) is 29.4 Å². The van der Waals surface area contributed by atoms with Gasteiger partial charge in [-0.3, -0.25) is 9.59 Å². The Morgan fingerprint density at radius 2 is 2.16 bits per heavy atom. The lowest BCUT2D eigenvalue weighted by Gasteiger charge is -2.25. The van der Waals surface area contributed by atoms with Crippen molar-refractivity contribution in [2.45, 2.75) is 11.8 Å². The van der Waals surface area contributed by atoms with Gasteiger partial charge in [-0.1, -0.05) is 22.8 Å². The first kappa shape index (κ1) is 15.5. The van der Waals surface area contributed by atoms with E-state index in [1.807, 2.05) is 0 Å². The van der Waals surface area contributed by atoms with Crippen LogP contribution < -0.4 is 10.6 Å². The first-order valence-electron chi connectivity index (χ1n) is 5.24. The number of amides is 2. The van der Waals surface area contributed by atoms with Crippen molar-refractivity contribution in [1.82, 2.24) is 5.32 Å². The highest BCUT2D eigenvalue weighted by Crippen LogP contribution is 2.19. The third-order valence-electron chi connectivity index (χ3n) is 2.13. The van der Waals surface area contributed by atoms with Gasteiger partial charge in [-0.25, -0.2) is 0 Å². The van der Waals surface area contributed by atoms with Crippen LogP contribution in [-0.2, 0) is 9.59 Å². The maximum absolute atomic E-state index is 12.0. The number of halogens is 1. The molecule has 0 fully saturated rings. The van der Waals surface area contributed by atoms with Gasteiger partial charge in [0.2, 0.25) is 5.91 Å². The summed E-state index contributed by atoms with van der Waals surface area (Å²) in [4.78, 5) is 31.7. The Balaban J connectivity index is 2.88. The van der Waals surface area contributed by atoms with E-state index < -0.39 is 23.2 Å². The van der Waals surface area contributed by atoms with Crippen LogP contribution in [0.25, 0.3) is 0 Å². The third-order valence-corrected chi connectivity index (χ3v) is 2.83. The molecule has 0 spiro atoms. The van der Waals surface area contributed by atoms with Crippen LogP contribution in [0.5, 0.6) is 0 Å². The van der Waals surface area contributed by atoms with Gasteiger partial charge in [0.25, 0.3) is 5.91 Å². The Bertz CT molecular complexity index is 512. The fraction of sp³-hybridized carbons (Fsp3) is 0.273. The quantitative estimate of drug-likeness (QED) is 0.440. The van der Waals surface area contributed by atoms with Gasteiger partial charge in [0.05, 0.1) is 0 Å². The van der Waals surface area contributed by atoms with E-state index in [0.717, 1.165) is 0 Å². The summed E-state index contributed by atoms with van der Waals surface area (Å²) in [5.74, 6) is -1.17. The second-order valence-corrected chi connectivity index (χ2v) is 4.99. The molecule has 8 heteroatoms. The second-order valence-electron chi connectivity index (χ2n) is 3.79. The Kier molecular flexibility index (Phi) is 5.31. The van der Waals surface area contributed by atoms with Gasteiger partial charge in [-0.05, 0) is 18.2 Å². The number of benzene rings is 1. The van der Waals surface area contributed by atoms with Gasteiger partial charge in [0, 0.05) is 17.6 Å². The Morgan fingerprint density at radius 3 is 2.68 bits per heavy atom. The molecular formula is C11H12ClN3O3S. The molecule has 0 heterocycles. The molecule has 0 aliphatic rings. The summed E-state index contributed by atoms with van der Waals surface area (Å²) in [6.07, 6.45) is 0. The summed E-state index contributed by atoms with van der Waals surface area (Å²) in [6, 6.07) is 6.43. The van der Waals surface area contributed by atoms with Crippen molar-refractivity contribution in [2.24, 2.45) is 5.18 Å². The minimum Gasteiger partial charge on any atom is -0.332 e. The number of thiol groups is 1. The van der Waals surface area contributed by atoms with Crippen LogP contribution in [0.4, 0.5) is 5.69 Å². The maximum atomic E-state index is 12.0. The highest BCUT2D eigenvalue weighted by atomic mass is 35.5. The average Bonchev–Trinajstić information content (AvgIpc) is 2.28. The first-order valence-corrected chi connectivity index (χ1v) is 6.07. The molecule has 0 radical (unpaired) electrons. The lowest BCUT2D eigenvalue weighted by Crippen LogP contribution is -2.54. The number of nitrogens with zero attached hydrogens (tertiary/aromatic N) is 1. The smallest absolute Gasteiger partial charge is 0.262 e. The topological polar surface area (TPSA) is 87.6 Å². The molecule has 1 aromatic rings. The number of anilines is 1. The number of hydrogen-bond donors (Lipinski definition) is 3. The van der Waals surface area contributed by atoms with E-state index in [-0.39, 0.29) is 0 Å². The molecule has 1 rings (SSSR count). The Hall–Kier alpha value is -1.60. The number of rotatable bonds is 5. The molecule has 0 bridgehead atoms. The lowest BCUT2D eigenvalue weighted by atomic mass is 10.2. The highest BCUT2D eigenvalue weighted by Gasteiger charge is 2.36. The number of nitroso groups, excluding NO2 is 1. The molecule has 0 aromatic heterocycles. The molecule has 19 heavy (non-hydrogen) atoms. The average molecular weight is 302 g/mol. The first-order chi connectivity index (χ1) is 8.87. The van der Waals surface area contributed by atoms with Crippen molar-refractivity contribution in [1.29, 1.82) is 0 Å². The summed E-state index contributed by atoms with van der Waals surface area (Å²) >= 11 is 9.80. The molecule has 0 saturated heterocycles. The van der Waals surface area contributed by atoms with Crippen LogP contribution in [-0.4, -0.2) is 23.2 Å². The molecule has 0 aliphatic carbocycles. The van der Waals surface area contributed by atoms with Crippen LogP contribution >= 0.6 is 24.2 Å². The molecular weight excluding hydrogens is 290 g/mol. The summed E-state index contributed by atoms with van der Waals surface area (Å²) in [5, 5.41) is 7.83. The third kappa shape index (κ3) is 4.53. The Morgan fingerprint density at radius 1 is 1.47 bits per heavy atom. The summed E-state index contributed by atoms with van der Waals surface area (Å²) < 4.78 is 0. The molecule has 0 unspecified atom stereocenters. The zero-order valence-corrected chi connectivity index (χ0v) is 11.7. The van der Waals surface area contributed by atoms with Crippen LogP contribution in [0.1, 0.15) is 6.92 Å². The minimum absolute atomic E-state index is 0.423. The van der Waals surface area contributed by atoms with Crippen molar-refractivity contribution in [2.75, 3.05) is 11.9 Å². The highest BCUT2D eigenvalue weighted by molar-refractivity contribution is 7.82. The van der Waals surface area contributed by atoms with Gasteiger partial charge in [0.15, 0.2) is 4.87 Å². The van der Waals surface area contributed by atoms with E-state index in [9.17, 15) is 14.5 Å². The minimum atomic E-state index is -1.70. The number of carbonyl (C=O) groups excluding carboxylic acids is 2. The van der Waals surface area contributed by atoms with Crippen LogP contribution in [0, 0.1) is 4.91 Å². The zero-order valence-electron chi connectivity index (χ0n) is 10.0. The molecule has 102 valence electrons. The van der Waals surface area contributed by atoms with Crippen LogP contribution in [0.2, 0.25) is 5.02 Å². The number of carbonyl (C=O) groups is 2. The normalized spacial score (nSPS) is 13.2. The summed E-state index contributed by atoms with van der Waals surface area (Å²) in [6.45, 7) is 0.713. The van der Waals surface area contributed by atoms with E-state index in [2.05, 4.69) is 28.4 Å². The molecule has 6 nitrogen and oxygen atoms in total. The monoisotopic (exact) mass is 301 g/mol. The van der Waals surface area contributed by atoms with Crippen molar-refractivity contribution in [3.8, 4) is 0 Å². The molecule has 1 atom stereocenters. The van der Waals surface area contributed by atoms with Crippen molar-refractivity contribution >= 4 is 41.7 Å². The molecule has 2 N–H and O–H groups in total. The van der Waals surface area contributed by atoms with Crippen molar-refractivity contribution in [3.05, 3.63) is 34.2 Å². The van der Waals surface area contributed by atoms with E-state index in [0.29, 0.717) is 10.7 Å². The van der Waals surface area contributed by atoms with Crippen molar-refractivity contribution in [3.63, 3.8) is 0 Å². The number of hydrogen-bond acceptors (Lipinski definition) is 5. The largest absolute Gasteiger partial charge is 0.332 e. The summed E-state index contributed by atoms with van der Waals surface area (Å²) in [7, 11) is 0. The fourth-order valence-electron chi connectivity index (χ4n) is 1.35. The molecule has 0 saturated carbocycles. The van der Waals surface area contributed by atoms with E-state index in [4.69, 9.17) is 11.6 Å². The zero-order chi connectivity index (χ0) is 14.5. The standard InChI is InChI=1S/C11H12ClN3O3S/c1-7(16)15-11(19,6-13-18)10(17)14-9-4-2-3-8(12)5-9/h2-5,19H,6H2,1H3,(H,14,17)(H,15,16)/t11-/m1/s1. The van der Waals surface area contributed by atoms with Crippen LogP contribution in [0.3, 0.4) is 0 Å². The van der Waals surface area contributed by atoms with Gasteiger partial charge < -0.3 is 10.6 Å². The SMILES string of the molecule is CC(=O)N[C@@](S)(CN=O)C(=O)Nc1cccc(Cl)c1. The predicted octanol–water partition coefficient (Wildman–Crippen LogP) is 1.81. The fourth-order valence-corrected chi connectivity index (χ4v) is 1.81. The molecule has 2 amide bonds. The molecule has 0 aliphatic heterocycles. The van der Waals surface area contributed by atoms with E-state index in [1.165, 1.54) is 13.0 Å². The second kappa shape index (κ2) is 6.53.